The molecule has 0 bridgehead atoms. The van der Waals surface area contributed by atoms with Gasteiger partial charge in [0.2, 0.25) is 0 Å². The van der Waals surface area contributed by atoms with Gasteiger partial charge in [0.05, 0.1) is 0 Å². The Morgan fingerprint density at radius 1 is 1.50 bits per heavy atom. The van der Waals surface area contributed by atoms with Gasteiger partial charge in [-0.1, -0.05) is 38.3 Å². The molecule has 0 fully saturated rings. The third kappa shape index (κ3) is 23.7. The molecule has 1 unspecified atom stereocenters. The van der Waals surface area contributed by atoms with Gasteiger partial charge in [-0.2, -0.15) is 0 Å². The molecular formula is C5H14ClO3P. The first-order chi connectivity index (χ1) is 4.68. The van der Waals surface area contributed by atoms with Crippen LogP contribution in [0.3, 0.4) is 0 Å². The summed E-state index contributed by atoms with van der Waals surface area (Å²) in [7, 11) is -2.77. The molecule has 10 heavy (non-hydrogen) atoms. The van der Waals surface area contributed by atoms with Gasteiger partial charge in [0, 0.05) is 0 Å². The zero-order valence-corrected chi connectivity index (χ0v) is 8.02. The first-order valence-electron chi connectivity index (χ1n) is 3.10. The second-order valence-electron chi connectivity index (χ2n) is 1.52. The Morgan fingerprint density at radius 3 is 1.90 bits per heavy atom. The molecule has 0 aromatic heterocycles. The van der Waals surface area contributed by atoms with Crippen LogP contribution in [0.15, 0.2) is 0 Å². The van der Waals surface area contributed by atoms with Crippen LogP contribution >= 0.6 is 19.9 Å². The van der Waals surface area contributed by atoms with E-state index in [1.165, 1.54) is 12.8 Å². The molecule has 0 aromatic rings. The van der Waals surface area contributed by atoms with Crippen LogP contribution < -0.4 is 0 Å². The molecule has 0 spiro atoms. The fourth-order valence-corrected chi connectivity index (χ4v) is 0.420. The van der Waals surface area contributed by atoms with E-state index in [1.54, 1.807) is 0 Å². The number of rotatable bonds is 3. The third-order valence-corrected chi connectivity index (χ3v) is 1.36. The summed E-state index contributed by atoms with van der Waals surface area (Å²) >= 11 is 4.84. The van der Waals surface area contributed by atoms with E-state index in [-0.39, 0.29) is 6.07 Å². The van der Waals surface area contributed by atoms with Crippen LogP contribution in [-0.4, -0.2) is 11.0 Å². The summed E-state index contributed by atoms with van der Waals surface area (Å²) in [6, 6.07) is -0.214. The van der Waals surface area contributed by atoms with Crippen molar-refractivity contribution in [3.63, 3.8) is 0 Å². The lowest BCUT2D eigenvalue weighted by Crippen LogP contribution is -1.68. The highest BCUT2D eigenvalue weighted by molar-refractivity contribution is 7.32. The van der Waals surface area contributed by atoms with Crippen molar-refractivity contribution in [1.29, 1.82) is 0 Å². The Kier molecular flexibility index (Phi) is 15.9. The normalized spacial score (nSPS) is 11.6. The molecule has 0 saturated heterocycles. The van der Waals surface area contributed by atoms with Gasteiger partial charge in [-0.3, -0.25) is 9.09 Å². The van der Waals surface area contributed by atoms with E-state index in [1.807, 2.05) is 0 Å². The van der Waals surface area contributed by atoms with Gasteiger partial charge >= 0.3 is 8.25 Å². The monoisotopic (exact) mass is 188 g/mol. The lowest BCUT2D eigenvalue weighted by Gasteiger charge is -1.85. The molecule has 0 saturated carbocycles. The van der Waals surface area contributed by atoms with E-state index in [9.17, 15) is 4.57 Å². The van der Waals surface area contributed by atoms with Crippen LogP contribution in [0, 0.1) is 0 Å². The van der Waals surface area contributed by atoms with Crippen LogP contribution in [0.25, 0.3) is 0 Å². The molecule has 0 aliphatic carbocycles. The maximum Gasteiger partial charge on any atom is 0.317 e. The Morgan fingerprint density at radius 2 is 1.90 bits per heavy atom. The van der Waals surface area contributed by atoms with E-state index in [0.29, 0.717) is 0 Å². The van der Waals surface area contributed by atoms with E-state index < -0.39 is 8.25 Å². The largest absolute Gasteiger partial charge is 0.326 e. The van der Waals surface area contributed by atoms with Crippen LogP contribution in [-0.2, 0) is 9.09 Å². The maximum absolute atomic E-state index is 9.48. The van der Waals surface area contributed by atoms with E-state index >= 15 is 0 Å². The first kappa shape index (κ1) is 13.1. The number of halogens is 1. The highest BCUT2D eigenvalue weighted by atomic mass is 35.5. The Hall–Kier alpha value is 0.440. The fourth-order valence-electron chi connectivity index (χ4n) is 0.0467. The predicted octanol–water partition coefficient (Wildman–Crippen LogP) is 2.39. The van der Waals surface area contributed by atoms with Crippen molar-refractivity contribution >= 4 is 19.9 Å². The SMILES string of the molecule is CCCC.O=[PH](O)OCCl. The molecule has 3 nitrogen and oxygen atoms in total. The standard InChI is InChI=1S/C4H10.CH4ClO3P/c1-3-4-2;2-1-5-6(3)4/h3-4H2,1-2H3;6H,1H2,(H,3,4). The second kappa shape index (κ2) is 12.1. The summed E-state index contributed by atoms with van der Waals surface area (Å²) in [5, 5.41) is 0. The smallest absolute Gasteiger partial charge is 0.317 e. The maximum atomic E-state index is 9.48. The van der Waals surface area contributed by atoms with Crippen molar-refractivity contribution in [2.45, 2.75) is 26.7 Å². The zero-order valence-electron chi connectivity index (χ0n) is 6.26. The van der Waals surface area contributed by atoms with Crippen molar-refractivity contribution in [2.75, 3.05) is 6.07 Å². The second-order valence-corrected chi connectivity index (χ2v) is 2.56. The number of hydrogen-bond donors (Lipinski definition) is 1. The highest BCUT2D eigenvalue weighted by Gasteiger charge is 1.82. The molecule has 1 N–H and O–H groups in total. The van der Waals surface area contributed by atoms with Crippen molar-refractivity contribution in [3.05, 3.63) is 0 Å². The summed E-state index contributed by atoms with van der Waals surface area (Å²) in [6.45, 7) is 4.36. The average molecular weight is 189 g/mol. The summed E-state index contributed by atoms with van der Waals surface area (Å²) in [6.07, 6.45) is 2.64. The van der Waals surface area contributed by atoms with Gasteiger partial charge in [-0.05, 0) is 0 Å². The quantitative estimate of drug-likeness (QED) is 0.547. The molecule has 0 heterocycles. The average Bonchev–Trinajstić information content (AvgIpc) is 1.89. The van der Waals surface area contributed by atoms with Crippen LogP contribution in [0.5, 0.6) is 0 Å². The molecule has 0 radical (unpaired) electrons. The Balaban J connectivity index is 0. The van der Waals surface area contributed by atoms with Gasteiger partial charge < -0.3 is 4.89 Å². The van der Waals surface area contributed by atoms with Crippen molar-refractivity contribution in [1.82, 2.24) is 0 Å². The summed E-state index contributed by atoms with van der Waals surface area (Å²) in [5.41, 5.74) is 0. The van der Waals surface area contributed by atoms with Gasteiger partial charge in [0.1, 0.15) is 6.07 Å². The number of alkyl halides is 1. The third-order valence-electron chi connectivity index (χ3n) is 0.678. The van der Waals surface area contributed by atoms with Gasteiger partial charge in [-0.25, -0.2) is 0 Å². The Bertz CT molecular complexity index is 77.3. The minimum atomic E-state index is -2.77. The minimum absolute atomic E-state index is 0.214. The summed E-state index contributed by atoms with van der Waals surface area (Å²) < 4.78 is 13.4. The van der Waals surface area contributed by atoms with Crippen LogP contribution in [0.4, 0.5) is 0 Å². The van der Waals surface area contributed by atoms with E-state index in [4.69, 9.17) is 16.5 Å². The molecule has 0 aliphatic rings. The molecule has 0 rings (SSSR count). The van der Waals surface area contributed by atoms with Crippen molar-refractivity contribution < 1.29 is 14.0 Å². The van der Waals surface area contributed by atoms with Crippen LogP contribution in [0.1, 0.15) is 26.7 Å². The first-order valence-corrected chi connectivity index (χ1v) is 4.90. The van der Waals surface area contributed by atoms with Gasteiger partial charge in [0.25, 0.3) is 0 Å². The molecular weight excluding hydrogens is 174 g/mol. The summed E-state index contributed by atoms with van der Waals surface area (Å²) in [5.74, 6) is 0. The molecule has 5 heteroatoms. The van der Waals surface area contributed by atoms with Crippen LogP contribution in [0.2, 0.25) is 0 Å². The fraction of sp³-hybridized carbons (Fsp3) is 1.00. The molecule has 64 valence electrons. The van der Waals surface area contributed by atoms with Crippen molar-refractivity contribution in [3.8, 4) is 0 Å². The Labute approximate surface area is 67.3 Å². The highest BCUT2D eigenvalue weighted by Crippen LogP contribution is 2.13. The van der Waals surface area contributed by atoms with Gasteiger partial charge in [0.15, 0.2) is 0 Å². The lowest BCUT2D eigenvalue weighted by molar-refractivity contribution is 0.328. The summed E-state index contributed by atoms with van der Waals surface area (Å²) in [4.78, 5) is 7.79. The number of hydrogen-bond acceptors (Lipinski definition) is 2. The van der Waals surface area contributed by atoms with E-state index in [2.05, 4.69) is 18.4 Å². The molecule has 1 atom stereocenters. The zero-order chi connectivity index (χ0) is 8.41. The molecule has 0 aliphatic heterocycles. The lowest BCUT2D eigenvalue weighted by atomic mass is 10.4. The number of unbranched alkanes of at least 4 members (excludes halogenated alkanes) is 1. The molecule has 0 aromatic carbocycles. The van der Waals surface area contributed by atoms with Crippen molar-refractivity contribution in [2.24, 2.45) is 0 Å². The minimum Gasteiger partial charge on any atom is -0.326 e. The predicted molar refractivity (Wildman–Crippen MR) is 43.6 cm³/mol. The van der Waals surface area contributed by atoms with Gasteiger partial charge in [-0.15, -0.1) is 0 Å². The molecule has 0 amide bonds. The van der Waals surface area contributed by atoms with E-state index in [0.717, 1.165) is 0 Å². The topological polar surface area (TPSA) is 46.5 Å².